The first kappa shape index (κ1) is 44.1. The van der Waals surface area contributed by atoms with Crippen LogP contribution in [0, 0.1) is 23.7 Å². The van der Waals surface area contributed by atoms with E-state index >= 15 is 0 Å². The highest BCUT2D eigenvalue weighted by molar-refractivity contribution is 5.86. The molecular weight excluding hydrogens is 624 g/mol. The van der Waals surface area contributed by atoms with E-state index in [1.165, 1.54) is 0 Å². The molecule has 0 bridgehead atoms. The van der Waals surface area contributed by atoms with Crippen LogP contribution in [0.15, 0.2) is 0 Å². The van der Waals surface area contributed by atoms with Crippen molar-refractivity contribution in [3.8, 4) is 0 Å². The van der Waals surface area contributed by atoms with Gasteiger partial charge in [0.1, 0.15) is 31.0 Å². The molecule has 0 rings (SSSR count). The lowest BCUT2D eigenvalue weighted by molar-refractivity contribution is -0.195. The molecule has 15 nitrogen and oxygen atoms in total. The summed E-state index contributed by atoms with van der Waals surface area (Å²) in [6, 6.07) is 0. The summed E-state index contributed by atoms with van der Waals surface area (Å²) in [5.74, 6) is -7.06. The second-order valence-corrected chi connectivity index (χ2v) is 12.1. The maximum atomic E-state index is 13.5. The van der Waals surface area contributed by atoms with Gasteiger partial charge in [-0.1, -0.05) is 55.4 Å². The van der Waals surface area contributed by atoms with Gasteiger partial charge in [-0.05, 0) is 25.7 Å². The third kappa shape index (κ3) is 14.0. The summed E-state index contributed by atoms with van der Waals surface area (Å²) in [4.78, 5) is 64.6. The minimum absolute atomic E-state index is 0.332. The minimum atomic E-state index is -1.98. The summed E-state index contributed by atoms with van der Waals surface area (Å²) >= 11 is 0. The van der Waals surface area contributed by atoms with Gasteiger partial charge >= 0.3 is 29.8 Å². The van der Waals surface area contributed by atoms with Crippen LogP contribution < -0.4 is 0 Å². The molecule has 0 radical (unpaired) electrons. The number of aliphatic hydroxyl groups excluding tert-OH is 5. The molecule has 12 atom stereocenters. The number of esters is 5. The highest BCUT2D eigenvalue weighted by Gasteiger charge is 2.41. The Morgan fingerprint density at radius 1 is 0.511 bits per heavy atom. The summed E-state index contributed by atoms with van der Waals surface area (Å²) in [6.45, 7) is 12.9. The van der Waals surface area contributed by atoms with Crippen LogP contribution in [0.1, 0.15) is 88.0 Å². The van der Waals surface area contributed by atoms with E-state index in [1.54, 1.807) is 55.4 Å². The molecule has 0 aromatic carbocycles. The average molecular weight is 681 g/mol. The van der Waals surface area contributed by atoms with Crippen molar-refractivity contribution in [2.24, 2.45) is 23.7 Å². The molecule has 15 heteroatoms. The lowest BCUT2D eigenvalue weighted by atomic mass is 9.98. The summed E-state index contributed by atoms with van der Waals surface area (Å²) in [5.41, 5.74) is 0. The number of carbonyl (C=O) groups is 5. The topological polar surface area (TPSA) is 233 Å². The van der Waals surface area contributed by atoms with Gasteiger partial charge in [-0.3, -0.25) is 4.79 Å². The Bertz CT molecular complexity index is 988. The third-order valence-corrected chi connectivity index (χ3v) is 8.32. The van der Waals surface area contributed by atoms with E-state index in [0.717, 1.165) is 6.92 Å². The Kier molecular flexibility index (Phi) is 20.6. The number of ether oxygens (including phenoxy) is 5. The molecule has 0 saturated heterocycles. The average Bonchev–Trinajstić information content (AvgIpc) is 3.06. The molecule has 274 valence electrons. The first-order valence-corrected chi connectivity index (χ1v) is 16.2. The second kappa shape index (κ2) is 21.9. The molecule has 0 heterocycles. The van der Waals surface area contributed by atoms with Crippen molar-refractivity contribution >= 4 is 29.8 Å². The van der Waals surface area contributed by atoms with E-state index in [1.807, 2.05) is 0 Å². The van der Waals surface area contributed by atoms with E-state index in [9.17, 15) is 44.4 Å². The minimum Gasteiger partial charge on any atom is -0.460 e. The third-order valence-electron chi connectivity index (χ3n) is 8.32. The molecule has 0 aromatic rings. The highest BCUT2D eigenvalue weighted by Crippen LogP contribution is 2.23. The molecular formula is C32H56O15. The summed E-state index contributed by atoms with van der Waals surface area (Å²) in [7, 11) is 0. The summed E-state index contributed by atoms with van der Waals surface area (Å²) in [6.07, 6.45) is -11.8. The number of hydrogen-bond acceptors (Lipinski definition) is 15. The largest absolute Gasteiger partial charge is 0.460 e. The number of hydrogen-bond donors (Lipinski definition) is 5. The van der Waals surface area contributed by atoms with Crippen molar-refractivity contribution in [3.63, 3.8) is 0 Å². The molecule has 0 aliphatic heterocycles. The van der Waals surface area contributed by atoms with Crippen molar-refractivity contribution in [2.45, 2.75) is 137 Å². The predicted molar refractivity (Wildman–Crippen MR) is 165 cm³/mol. The number of rotatable bonds is 22. The molecule has 0 spiro atoms. The van der Waals surface area contributed by atoms with E-state index in [2.05, 4.69) is 0 Å². The van der Waals surface area contributed by atoms with Crippen LogP contribution in [0.2, 0.25) is 0 Å². The monoisotopic (exact) mass is 680 g/mol. The molecule has 0 aliphatic carbocycles. The normalized spacial score (nSPS) is 19.2. The molecule has 0 unspecified atom stereocenters. The van der Waals surface area contributed by atoms with Gasteiger partial charge in [-0.15, -0.1) is 0 Å². The fourth-order valence-electron chi connectivity index (χ4n) is 4.11. The number of aliphatic hydroxyl groups is 5. The van der Waals surface area contributed by atoms with Crippen LogP contribution in [0.5, 0.6) is 0 Å². The molecule has 47 heavy (non-hydrogen) atoms. The molecule has 0 amide bonds. The Morgan fingerprint density at radius 3 is 1.11 bits per heavy atom. The quantitative estimate of drug-likeness (QED) is 0.0787. The zero-order valence-electron chi connectivity index (χ0n) is 29.0. The van der Waals surface area contributed by atoms with Gasteiger partial charge in [0.25, 0.3) is 0 Å². The zero-order valence-corrected chi connectivity index (χ0v) is 29.0. The van der Waals surface area contributed by atoms with Crippen molar-refractivity contribution in [1.82, 2.24) is 0 Å². The molecule has 0 aliphatic rings. The molecule has 0 fully saturated rings. The standard InChI is InChI=1S/C32H56O15/c1-10-16(5)25(29(39)43-15-22(36)24(38)23(37)21(35)14-33)45-31(41)27(18(7)12-3)47-32(42)28(19(8)13-4)46-30(40)26(17(6)11-2)44-20(9)34/h16-19,21-28,33,35-38H,10-15H2,1-9H3/t16-,17+,18-,19-,21+,22-,23+,24-,25-,26+,27-,28-/m0/s1. The van der Waals surface area contributed by atoms with Gasteiger partial charge in [-0.2, -0.15) is 0 Å². The fourth-order valence-corrected chi connectivity index (χ4v) is 4.11. The van der Waals surface area contributed by atoms with Gasteiger partial charge in [-0.25, -0.2) is 19.2 Å². The van der Waals surface area contributed by atoms with Crippen LogP contribution in [0.4, 0.5) is 0 Å². The Balaban J connectivity index is 6.01. The van der Waals surface area contributed by atoms with Gasteiger partial charge in [0.05, 0.1) is 6.61 Å². The SMILES string of the molecule is CC[C@@H](C)[C@@H](OC(C)=O)C(=O)O[C@H](C(=O)O[C@H](C(=O)O[C@H](C(=O)OC[C@H](O)[C@H](O)[C@H](O)[C@H](O)CO)[C@@H](C)CC)[C@@H](C)CC)[C@@H](C)CC. The van der Waals surface area contributed by atoms with Gasteiger partial charge in [0.15, 0.2) is 0 Å². The summed E-state index contributed by atoms with van der Waals surface area (Å²) < 4.78 is 26.8. The number of carbonyl (C=O) groups excluding carboxylic acids is 5. The first-order valence-electron chi connectivity index (χ1n) is 16.2. The van der Waals surface area contributed by atoms with E-state index in [-0.39, 0.29) is 0 Å². The Morgan fingerprint density at radius 2 is 0.809 bits per heavy atom. The molecule has 5 N–H and O–H groups in total. The first-order chi connectivity index (χ1) is 21.9. The van der Waals surface area contributed by atoms with E-state index in [0.29, 0.717) is 25.7 Å². The van der Waals surface area contributed by atoms with Crippen molar-refractivity contribution in [3.05, 3.63) is 0 Å². The zero-order chi connectivity index (χ0) is 36.6. The lowest BCUT2D eigenvalue weighted by Crippen LogP contribution is -2.48. The van der Waals surface area contributed by atoms with Crippen molar-refractivity contribution in [1.29, 1.82) is 0 Å². The van der Waals surface area contributed by atoms with Crippen molar-refractivity contribution < 1.29 is 73.2 Å². The predicted octanol–water partition coefficient (Wildman–Crippen LogP) is 0.817. The van der Waals surface area contributed by atoms with Crippen LogP contribution in [0.25, 0.3) is 0 Å². The van der Waals surface area contributed by atoms with E-state index < -0.39 is 116 Å². The molecule has 0 saturated carbocycles. The molecule has 0 aromatic heterocycles. The highest BCUT2D eigenvalue weighted by atomic mass is 16.6. The fraction of sp³-hybridized carbons (Fsp3) is 0.844. The Labute approximate surface area is 276 Å². The van der Waals surface area contributed by atoms with Gasteiger partial charge < -0.3 is 49.2 Å². The lowest BCUT2D eigenvalue weighted by Gasteiger charge is -2.30. The second-order valence-electron chi connectivity index (χ2n) is 12.1. The Hall–Kier alpha value is -2.85. The van der Waals surface area contributed by atoms with Crippen LogP contribution in [-0.4, -0.2) is 117 Å². The van der Waals surface area contributed by atoms with Gasteiger partial charge in [0.2, 0.25) is 24.4 Å². The van der Waals surface area contributed by atoms with Crippen molar-refractivity contribution in [2.75, 3.05) is 13.2 Å². The van der Waals surface area contributed by atoms with Crippen LogP contribution in [-0.2, 0) is 47.7 Å². The van der Waals surface area contributed by atoms with Crippen LogP contribution >= 0.6 is 0 Å². The van der Waals surface area contributed by atoms with Gasteiger partial charge in [0, 0.05) is 30.6 Å². The maximum absolute atomic E-state index is 13.5. The smallest absolute Gasteiger partial charge is 0.348 e. The van der Waals surface area contributed by atoms with Crippen LogP contribution in [0.3, 0.4) is 0 Å². The summed E-state index contributed by atoms with van der Waals surface area (Å²) in [5, 5.41) is 48.4. The maximum Gasteiger partial charge on any atom is 0.348 e. The van der Waals surface area contributed by atoms with E-state index in [4.69, 9.17) is 28.8 Å².